The topological polar surface area (TPSA) is 66.8 Å². The summed E-state index contributed by atoms with van der Waals surface area (Å²) in [5.74, 6) is -4.96. The van der Waals surface area contributed by atoms with Gasteiger partial charge in [0.2, 0.25) is 5.82 Å². The van der Waals surface area contributed by atoms with E-state index in [1.54, 1.807) is 0 Å². The number of carbonyl (C=O) groups excluding carboxylic acids is 1. The van der Waals surface area contributed by atoms with Crippen LogP contribution in [0.5, 0.6) is 5.75 Å². The highest BCUT2D eigenvalue weighted by Gasteiger charge is 2.24. The average Bonchev–Trinajstić information content (AvgIpc) is 2.24. The normalized spacial score (nSPS) is 12.3. The fraction of sp³-hybridized carbons (Fsp3) is 0.222. The van der Waals surface area contributed by atoms with Crippen LogP contribution in [0.15, 0.2) is 12.1 Å². The first-order valence-electron chi connectivity index (χ1n) is 3.91. The predicted octanol–water partition coefficient (Wildman–Crippen LogP) is 0.877. The summed E-state index contributed by atoms with van der Waals surface area (Å²) in [6.45, 7) is 0. The minimum atomic E-state index is -1.84. The smallest absolute Gasteiger partial charge is 0.339 e. The number of carbonyl (C=O) groups is 1. The van der Waals surface area contributed by atoms with E-state index < -0.39 is 35.0 Å². The summed E-state index contributed by atoms with van der Waals surface area (Å²) in [7, 11) is 1.02. The molecule has 15 heavy (non-hydrogen) atoms. The van der Waals surface area contributed by atoms with Gasteiger partial charge >= 0.3 is 5.97 Å². The highest BCUT2D eigenvalue weighted by molar-refractivity contribution is 5.77. The van der Waals surface area contributed by atoms with E-state index in [9.17, 15) is 18.7 Å². The van der Waals surface area contributed by atoms with E-state index in [1.165, 1.54) is 0 Å². The summed E-state index contributed by atoms with van der Waals surface area (Å²) in [6.07, 6.45) is -1.84. The Balaban J connectivity index is 3.16. The minimum Gasteiger partial charge on any atom is -0.504 e. The van der Waals surface area contributed by atoms with Gasteiger partial charge in [0.25, 0.3) is 0 Å². The van der Waals surface area contributed by atoms with Crippen LogP contribution < -0.4 is 0 Å². The molecule has 1 atom stereocenters. The zero-order valence-corrected chi connectivity index (χ0v) is 7.70. The Labute approximate surface area is 83.7 Å². The third-order valence-corrected chi connectivity index (χ3v) is 1.82. The van der Waals surface area contributed by atoms with E-state index in [0.717, 1.165) is 13.2 Å². The molecule has 1 unspecified atom stereocenters. The maximum Gasteiger partial charge on any atom is 0.339 e. The van der Waals surface area contributed by atoms with Crippen LogP contribution in [0, 0.1) is 11.6 Å². The van der Waals surface area contributed by atoms with Crippen molar-refractivity contribution in [2.24, 2.45) is 0 Å². The number of rotatable bonds is 2. The lowest BCUT2D eigenvalue weighted by atomic mass is 10.1. The quantitative estimate of drug-likeness (QED) is 0.723. The Kier molecular flexibility index (Phi) is 3.21. The number of aliphatic hydroxyl groups is 1. The highest BCUT2D eigenvalue weighted by Crippen LogP contribution is 2.29. The number of halogens is 2. The number of phenolic OH excluding ortho intramolecular Hbond substituents is 1. The molecule has 0 heterocycles. The average molecular weight is 218 g/mol. The van der Waals surface area contributed by atoms with Gasteiger partial charge in [-0.25, -0.2) is 9.18 Å². The van der Waals surface area contributed by atoms with Crippen molar-refractivity contribution in [1.82, 2.24) is 0 Å². The number of ether oxygens (including phenoxy) is 1. The molecular weight excluding hydrogens is 210 g/mol. The number of esters is 1. The molecule has 0 fully saturated rings. The molecule has 0 saturated heterocycles. The zero-order chi connectivity index (χ0) is 11.6. The van der Waals surface area contributed by atoms with Crippen molar-refractivity contribution in [3.8, 4) is 5.75 Å². The molecule has 0 amide bonds. The van der Waals surface area contributed by atoms with Crippen LogP contribution in [0.4, 0.5) is 8.78 Å². The van der Waals surface area contributed by atoms with Gasteiger partial charge in [-0.1, -0.05) is 0 Å². The first-order chi connectivity index (χ1) is 6.99. The summed E-state index contributed by atoms with van der Waals surface area (Å²) in [6, 6.07) is 1.59. The Bertz CT molecular complexity index is 392. The molecule has 0 radical (unpaired) electrons. The van der Waals surface area contributed by atoms with Crippen molar-refractivity contribution in [3.63, 3.8) is 0 Å². The summed E-state index contributed by atoms with van der Waals surface area (Å²) >= 11 is 0. The standard InChI is InChI=1S/C9H8F2O4/c1-15-9(14)8(13)4-2-3-5(10)6(11)7(4)12/h2-3,8,12-13H,1H3. The summed E-state index contributed by atoms with van der Waals surface area (Å²) in [5, 5.41) is 18.4. The number of aliphatic hydroxyl groups excluding tert-OH is 1. The van der Waals surface area contributed by atoms with E-state index in [-0.39, 0.29) is 0 Å². The van der Waals surface area contributed by atoms with Gasteiger partial charge in [0.1, 0.15) is 0 Å². The third kappa shape index (κ3) is 2.04. The molecule has 0 aromatic heterocycles. The minimum absolute atomic E-state index is 0.444. The van der Waals surface area contributed by atoms with E-state index in [0.29, 0.717) is 6.07 Å². The fourth-order valence-electron chi connectivity index (χ4n) is 1.01. The van der Waals surface area contributed by atoms with E-state index in [4.69, 9.17) is 5.11 Å². The third-order valence-electron chi connectivity index (χ3n) is 1.82. The second kappa shape index (κ2) is 4.22. The monoisotopic (exact) mass is 218 g/mol. The molecule has 1 rings (SSSR count). The summed E-state index contributed by atoms with van der Waals surface area (Å²) in [4.78, 5) is 10.9. The van der Waals surface area contributed by atoms with Crippen molar-refractivity contribution in [1.29, 1.82) is 0 Å². The highest BCUT2D eigenvalue weighted by atomic mass is 19.2. The maximum atomic E-state index is 12.8. The molecule has 0 saturated carbocycles. The molecule has 82 valence electrons. The lowest BCUT2D eigenvalue weighted by molar-refractivity contribution is -0.150. The Hall–Kier alpha value is -1.69. The van der Waals surface area contributed by atoms with Gasteiger partial charge < -0.3 is 14.9 Å². The van der Waals surface area contributed by atoms with Gasteiger partial charge in [0.15, 0.2) is 17.7 Å². The number of hydrogen-bond donors (Lipinski definition) is 2. The first kappa shape index (κ1) is 11.4. The molecule has 0 aliphatic heterocycles. The van der Waals surface area contributed by atoms with Gasteiger partial charge in [0, 0.05) is 5.56 Å². The molecule has 2 N–H and O–H groups in total. The molecule has 0 aliphatic rings. The lowest BCUT2D eigenvalue weighted by Gasteiger charge is -2.10. The van der Waals surface area contributed by atoms with Gasteiger partial charge in [-0.2, -0.15) is 4.39 Å². The molecule has 1 aromatic rings. The van der Waals surface area contributed by atoms with Crippen molar-refractivity contribution < 1.29 is 28.5 Å². The van der Waals surface area contributed by atoms with Crippen molar-refractivity contribution in [2.45, 2.75) is 6.10 Å². The van der Waals surface area contributed by atoms with Crippen LogP contribution in [0.1, 0.15) is 11.7 Å². The molecular formula is C9H8F2O4. The second-order valence-electron chi connectivity index (χ2n) is 2.72. The molecule has 4 nitrogen and oxygen atoms in total. The number of phenols is 1. The van der Waals surface area contributed by atoms with Crippen molar-refractivity contribution in [2.75, 3.05) is 7.11 Å². The van der Waals surface area contributed by atoms with Crippen molar-refractivity contribution >= 4 is 5.97 Å². The van der Waals surface area contributed by atoms with Crippen LogP contribution in [0.25, 0.3) is 0 Å². The Morgan fingerprint density at radius 2 is 2.07 bits per heavy atom. The predicted molar refractivity (Wildman–Crippen MR) is 45.0 cm³/mol. The van der Waals surface area contributed by atoms with E-state index >= 15 is 0 Å². The summed E-state index contributed by atoms with van der Waals surface area (Å²) < 4.78 is 29.6. The number of hydrogen-bond acceptors (Lipinski definition) is 4. The number of aromatic hydroxyl groups is 1. The summed E-state index contributed by atoms with van der Waals surface area (Å²) in [5.41, 5.74) is -0.444. The van der Waals surface area contributed by atoms with E-state index in [2.05, 4.69) is 4.74 Å². The molecule has 1 aromatic carbocycles. The Morgan fingerprint density at radius 1 is 1.47 bits per heavy atom. The molecule has 6 heteroatoms. The number of methoxy groups -OCH3 is 1. The van der Waals surface area contributed by atoms with Gasteiger partial charge in [-0.3, -0.25) is 0 Å². The Morgan fingerprint density at radius 3 is 2.60 bits per heavy atom. The molecule has 0 aliphatic carbocycles. The van der Waals surface area contributed by atoms with Crippen LogP contribution in [-0.2, 0) is 9.53 Å². The molecule has 0 spiro atoms. The fourth-order valence-corrected chi connectivity index (χ4v) is 1.01. The SMILES string of the molecule is COC(=O)C(O)c1ccc(F)c(F)c1O. The first-order valence-corrected chi connectivity index (χ1v) is 3.91. The van der Waals surface area contributed by atoms with Crippen LogP contribution in [-0.4, -0.2) is 23.3 Å². The lowest BCUT2D eigenvalue weighted by Crippen LogP contribution is -2.14. The maximum absolute atomic E-state index is 12.8. The number of benzene rings is 1. The molecule has 0 bridgehead atoms. The zero-order valence-electron chi connectivity index (χ0n) is 7.70. The van der Waals surface area contributed by atoms with E-state index in [1.807, 2.05) is 0 Å². The van der Waals surface area contributed by atoms with Gasteiger partial charge in [0.05, 0.1) is 7.11 Å². The van der Waals surface area contributed by atoms with Crippen LogP contribution in [0.2, 0.25) is 0 Å². The van der Waals surface area contributed by atoms with Gasteiger partial charge in [-0.05, 0) is 12.1 Å². The van der Waals surface area contributed by atoms with Gasteiger partial charge in [-0.15, -0.1) is 0 Å². The second-order valence-corrected chi connectivity index (χ2v) is 2.72. The van der Waals surface area contributed by atoms with Crippen molar-refractivity contribution in [3.05, 3.63) is 29.3 Å². The largest absolute Gasteiger partial charge is 0.504 e. The van der Waals surface area contributed by atoms with Crippen LogP contribution >= 0.6 is 0 Å². The van der Waals surface area contributed by atoms with Crippen LogP contribution in [0.3, 0.4) is 0 Å².